The highest BCUT2D eigenvalue weighted by Crippen LogP contribution is 2.31. The molecule has 124 valence electrons. The quantitative estimate of drug-likeness (QED) is 0.706. The minimum absolute atomic E-state index is 0.247. The summed E-state index contributed by atoms with van der Waals surface area (Å²) < 4.78 is 6.28. The van der Waals surface area contributed by atoms with E-state index in [0.29, 0.717) is 10.2 Å². The van der Waals surface area contributed by atoms with E-state index in [1.165, 1.54) is 17.7 Å². The molecule has 0 saturated carbocycles. The molecule has 0 aliphatic heterocycles. The van der Waals surface area contributed by atoms with Gasteiger partial charge in [-0.3, -0.25) is 9.36 Å². The minimum atomic E-state index is -1.29. The smallest absolute Gasteiger partial charge is 0.263 e. The van der Waals surface area contributed by atoms with E-state index in [9.17, 15) is 14.7 Å². The van der Waals surface area contributed by atoms with Crippen LogP contribution in [0.1, 0.15) is 19.4 Å². The van der Waals surface area contributed by atoms with Gasteiger partial charge in [-0.05, 0) is 24.1 Å². The largest absolute Gasteiger partial charge is 0.548 e. The van der Waals surface area contributed by atoms with Gasteiger partial charge in [0.05, 0.1) is 30.8 Å². The molecule has 0 saturated heterocycles. The number of fused-ring (bicyclic) bond motifs is 1. The van der Waals surface area contributed by atoms with E-state index in [4.69, 9.17) is 4.74 Å². The summed E-state index contributed by atoms with van der Waals surface area (Å²) in [6, 6.07) is 6.30. The number of hydrogen-bond acceptors (Lipinski definition) is 6. The first-order chi connectivity index (χ1) is 11.6. The van der Waals surface area contributed by atoms with Crippen molar-refractivity contribution in [3.63, 3.8) is 0 Å². The lowest BCUT2D eigenvalue weighted by Crippen LogP contribution is -2.37. The maximum absolute atomic E-state index is 12.8. The molecule has 24 heavy (non-hydrogen) atoms. The number of aromatic nitrogens is 2. The molecule has 6 nitrogen and oxygen atoms in total. The third kappa shape index (κ3) is 2.67. The number of carboxylic acids is 1. The zero-order chi connectivity index (χ0) is 17.3. The molecule has 0 fully saturated rings. The van der Waals surface area contributed by atoms with Gasteiger partial charge in [-0.2, -0.15) is 0 Å². The number of carboxylic acid groups (broad SMARTS) is 1. The molecule has 0 N–H and O–H groups in total. The average Bonchev–Trinajstić information content (AvgIpc) is 3.02. The van der Waals surface area contributed by atoms with Crippen LogP contribution in [0, 0.1) is 0 Å². The van der Waals surface area contributed by atoms with Crippen molar-refractivity contribution in [3.05, 3.63) is 46.3 Å². The molecule has 1 atom stereocenters. The summed E-state index contributed by atoms with van der Waals surface area (Å²) in [5.41, 5.74) is 1.21. The van der Waals surface area contributed by atoms with Crippen LogP contribution in [0.5, 0.6) is 5.75 Å². The molecule has 0 aliphatic carbocycles. The Balaban J connectivity index is 2.20. The van der Waals surface area contributed by atoms with Gasteiger partial charge in [-0.15, -0.1) is 11.3 Å². The van der Waals surface area contributed by atoms with Gasteiger partial charge in [0.25, 0.3) is 5.56 Å². The van der Waals surface area contributed by atoms with Gasteiger partial charge in [-0.1, -0.05) is 19.1 Å². The van der Waals surface area contributed by atoms with Crippen molar-refractivity contribution in [1.29, 1.82) is 0 Å². The van der Waals surface area contributed by atoms with E-state index in [-0.39, 0.29) is 12.0 Å². The molecule has 1 aromatic carbocycles. The first kappa shape index (κ1) is 16.2. The topological polar surface area (TPSA) is 84.2 Å². The Morgan fingerprint density at radius 3 is 2.67 bits per heavy atom. The Hall–Kier alpha value is -2.67. The molecular weight excluding hydrogens is 328 g/mol. The molecule has 2 aromatic heterocycles. The molecule has 0 amide bonds. The van der Waals surface area contributed by atoms with Gasteiger partial charge in [0, 0.05) is 10.9 Å². The summed E-state index contributed by atoms with van der Waals surface area (Å²) in [5, 5.41) is 13.5. The van der Waals surface area contributed by atoms with Gasteiger partial charge < -0.3 is 14.6 Å². The van der Waals surface area contributed by atoms with Gasteiger partial charge in [0.15, 0.2) is 0 Å². The highest BCUT2D eigenvalue weighted by Gasteiger charge is 2.17. The molecule has 0 radical (unpaired) electrons. The van der Waals surface area contributed by atoms with Gasteiger partial charge >= 0.3 is 0 Å². The van der Waals surface area contributed by atoms with E-state index in [1.54, 1.807) is 14.0 Å². The highest BCUT2D eigenvalue weighted by atomic mass is 32.1. The number of carbonyl (C=O) groups excluding carboxylic acids is 1. The van der Waals surface area contributed by atoms with Crippen LogP contribution < -0.4 is 15.4 Å². The number of hydrogen-bond donors (Lipinski definition) is 0. The molecule has 2 heterocycles. The molecule has 0 bridgehead atoms. The average molecular weight is 343 g/mol. The Bertz CT molecular complexity index is 943. The second-order valence-electron chi connectivity index (χ2n) is 5.26. The number of benzene rings is 1. The van der Waals surface area contributed by atoms with Crippen molar-refractivity contribution in [1.82, 2.24) is 9.55 Å². The number of carbonyl (C=O) groups is 1. The van der Waals surface area contributed by atoms with Crippen molar-refractivity contribution in [3.8, 4) is 16.9 Å². The maximum Gasteiger partial charge on any atom is 0.263 e. The Labute approximate surface area is 142 Å². The molecule has 3 aromatic rings. The van der Waals surface area contributed by atoms with Gasteiger partial charge in [0.2, 0.25) is 0 Å². The number of ether oxygens (including phenoxy) is 1. The summed E-state index contributed by atoms with van der Waals surface area (Å²) >= 11 is 1.35. The predicted octanol–water partition coefficient (Wildman–Crippen LogP) is 1.83. The zero-order valence-electron chi connectivity index (χ0n) is 13.2. The lowest BCUT2D eigenvalue weighted by atomic mass is 10.1. The fraction of sp³-hybridized carbons (Fsp3) is 0.235. The van der Waals surface area contributed by atoms with Crippen molar-refractivity contribution >= 4 is 27.5 Å². The lowest BCUT2D eigenvalue weighted by Gasteiger charge is -2.18. The SMILES string of the molecule is CC[C@H](C(=O)[O-])n1cnc2scc(-c3ccc(OC)cc3)c2c1=O. The highest BCUT2D eigenvalue weighted by molar-refractivity contribution is 7.17. The summed E-state index contributed by atoms with van der Waals surface area (Å²) in [7, 11) is 1.59. The summed E-state index contributed by atoms with van der Waals surface area (Å²) in [6.45, 7) is 1.69. The number of rotatable bonds is 5. The molecule has 0 spiro atoms. The van der Waals surface area contributed by atoms with Crippen molar-refractivity contribution < 1.29 is 14.6 Å². The van der Waals surface area contributed by atoms with Crippen LogP contribution >= 0.6 is 11.3 Å². The maximum atomic E-state index is 12.8. The van der Waals surface area contributed by atoms with Crippen LogP contribution in [-0.2, 0) is 4.79 Å². The number of aliphatic carboxylic acids is 1. The van der Waals surface area contributed by atoms with E-state index in [1.807, 2.05) is 29.6 Å². The number of methoxy groups -OCH3 is 1. The fourth-order valence-corrected chi connectivity index (χ4v) is 3.53. The van der Waals surface area contributed by atoms with Crippen LogP contribution in [0.4, 0.5) is 0 Å². The van der Waals surface area contributed by atoms with Crippen LogP contribution in [0.25, 0.3) is 21.3 Å². The van der Waals surface area contributed by atoms with Crippen LogP contribution in [-0.4, -0.2) is 22.6 Å². The predicted molar refractivity (Wildman–Crippen MR) is 90.2 cm³/mol. The summed E-state index contributed by atoms with van der Waals surface area (Å²) in [5.74, 6) is -0.571. The third-order valence-electron chi connectivity index (χ3n) is 3.91. The second kappa shape index (κ2) is 6.45. The van der Waals surface area contributed by atoms with Crippen molar-refractivity contribution in [2.24, 2.45) is 0 Å². The number of thiophene rings is 1. The summed E-state index contributed by atoms with van der Waals surface area (Å²) in [4.78, 5) is 28.9. The first-order valence-corrected chi connectivity index (χ1v) is 8.28. The van der Waals surface area contributed by atoms with Gasteiger partial charge in [-0.25, -0.2) is 4.98 Å². The van der Waals surface area contributed by atoms with Crippen LogP contribution in [0.2, 0.25) is 0 Å². The molecule has 0 aliphatic rings. The van der Waals surface area contributed by atoms with E-state index < -0.39 is 12.0 Å². The van der Waals surface area contributed by atoms with E-state index >= 15 is 0 Å². The van der Waals surface area contributed by atoms with Crippen molar-refractivity contribution in [2.75, 3.05) is 7.11 Å². The summed E-state index contributed by atoms with van der Waals surface area (Å²) in [6.07, 6.45) is 1.53. The molecular formula is C17H15N2O4S-. The van der Waals surface area contributed by atoms with E-state index in [2.05, 4.69) is 4.98 Å². The normalized spacial score (nSPS) is 12.2. The van der Waals surface area contributed by atoms with Crippen molar-refractivity contribution in [2.45, 2.75) is 19.4 Å². The van der Waals surface area contributed by atoms with E-state index in [0.717, 1.165) is 21.4 Å². The lowest BCUT2D eigenvalue weighted by molar-refractivity contribution is -0.310. The monoisotopic (exact) mass is 343 g/mol. The second-order valence-corrected chi connectivity index (χ2v) is 6.12. The molecule has 3 rings (SSSR count). The van der Waals surface area contributed by atoms with Crippen LogP contribution in [0.3, 0.4) is 0 Å². The molecule has 0 unspecified atom stereocenters. The molecule has 7 heteroatoms. The Morgan fingerprint density at radius 1 is 1.38 bits per heavy atom. The minimum Gasteiger partial charge on any atom is -0.548 e. The number of nitrogens with zero attached hydrogens (tertiary/aromatic N) is 2. The third-order valence-corrected chi connectivity index (χ3v) is 4.80. The fourth-order valence-electron chi connectivity index (χ4n) is 2.63. The first-order valence-electron chi connectivity index (χ1n) is 7.40. The Kier molecular flexibility index (Phi) is 4.35. The standard InChI is InChI=1S/C17H16N2O4S/c1-3-13(17(21)22)19-9-18-15-14(16(19)20)12(8-24-15)10-4-6-11(23-2)7-5-10/h4-9,13H,3H2,1-2H3,(H,21,22)/p-1/t13-/m1/s1. The van der Waals surface area contributed by atoms with Crippen LogP contribution in [0.15, 0.2) is 40.8 Å². The Morgan fingerprint density at radius 2 is 2.08 bits per heavy atom. The zero-order valence-corrected chi connectivity index (χ0v) is 14.0. The van der Waals surface area contributed by atoms with Gasteiger partial charge in [0.1, 0.15) is 10.6 Å².